The summed E-state index contributed by atoms with van der Waals surface area (Å²) in [4.78, 5) is 17.7. The topological polar surface area (TPSA) is 28.5 Å². The number of aromatic nitrogens is 1. The molecule has 0 N–H and O–H groups in total. The van der Waals surface area contributed by atoms with Gasteiger partial charge in [0.1, 0.15) is 0 Å². The zero-order valence-corrected chi connectivity index (χ0v) is 17.9. The summed E-state index contributed by atoms with van der Waals surface area (Å²) in [6.45, 7) is 9.26. The van der Waals surface area contributed by atoms with Crippen LogP contribution in [0.25, 0.3) is 0 Å². The molecule has 4 heteroatoms. The molecule has 152 valence electrons. The molecule has 1 saturated heterocycles. The van der Waals surface area contributed by atoms with Gasteiger partial charge < -0.3 is 9.47 Å². The lowest BCUT2D eigenvalue weighted by Crippen LogP contribution is -2.54. The molecule has 1 aromatic rings. The predicted octanol–water partition coefficient (Wildman–Crippen LogP) is 3.36. The van der Waals surface area contributed by atoms with Gasteiger partial charge in [0, 0.05) is 43.9 Å². The summed E-state index contributed by atoms with van der Waals surface area (Å²) in [6, 6.07) is 6.20. The second-order valence-electron chi connectivity index (χ2n) is 10.7. The van der Waals surface area contributed by atoms with Crippen LogP contribution in [0.1, 0.15) is 50.8 Å². The zero-order chi connectivity index (χ0) is 19.6. The van der Waals surface area contributed by atoms with Crippen molar-refractivity contribution in [1.29, 1.82) is 0 Å². The highest BCUT2D eigenvalue weighted by atomic mass is 16.1. The van der Waals surface area contributed by atoms with E-state index in [1.54, 1.807) is 11.6 Å². The normalized spacial score (nSPS) is 35.9. The van der Waals surface area contributed by atoms with Crippen LogP contribution in [0.5, 0.6) is 0 Å². The predicted molar refractivity (Wildman–Crippen MR) is 114 cm³/mol. The highest BCUT2D eigenvalue weighted by molar-refractivity contribution is 5.25. The molecule has 3 heterocycles. The van der Waals surface area contributed by atoms with Gasteiger partial charge in [0.2, 0.25) is 0 Å². The molecule has 5 atom stereocenters. The smallest absolute Gasteiger partial charge is 0.251 e. The van der Waals surface area contributed by atoms with Gasteiger partial charge in [0.05, 0.1) is 6.04 Å². The Bertz CT molecular complexity index is 852. The average molecular weight is 382 g/mol. The first-order chi connectivity index (χ1) is 13.3. The van der Waals surface area contributed by atoms with Crippen molar-refractivity contribution in [2.75, 3.05) is 40.3 Å². The highest BCUT2D eigenvalue weighted by Crippen LogP contribution is 2.59. The quantitative estimate of drug-likeness (QED) is 0.749. The molecule has 2 fully saturated rings. The van der Waals surface area contributed by atoms with Crippen molar-refractivity contribution < 1.29 is 0 Å². The minimum atomic E-state index is 0.185. The molecule has 0 spiro atoms. The number of piperidine rings is 1. The lowest BCUT2D eigenvalue weighted by molar-refractivity contribution is -0.0137. The Morgan fingerprint density at radius 3 is 2.71 bits per heavy atom. The maximum atomic E-state index is 12.7. The molecular formula is C24H35N3O. The number of nitrogens with zero attached hydrogens (tertiary/aromatic N) is 3. The van der Waals surface area contributed by atoms with Crippen molar-refractivity contribution >= 4 is 0 Å². The van der Waals surface area contributed by atoms with Gasteiger partial charge in [-0.25, -0.2) is 0 Å². The van der Waals surface area contributed by atoms with E-state index in [4.69, 9.17) is 0 Å². The Kier molecular flexibility index (Phi) is 4.37. The van der Waals surface area contributed by atoms with Crippen LogP contribution in [0.3, 0.4) is 0 Å². The monoisotopic (exact) mass is 381 g/mol. The van der Waals surface area contributed by atoms with Gasteiger partial charge in [-0.3, -0.25) is 9.69 Å². The van der Waals surface area contributed by atoms with Crippen LogP contribution in [-0.4, -0.2) is 54.6 Å². The molecule has 0 radical (unpaired) electrons. The first kappa shape index (κ1) is 18.6. The fraction of sp³-hybridized carbons (Fsp3) is 0.708. The number of likely N-dealkylation sites (N-methyl/N-ethyl adjacent to an activating group) is 1. The third kappa shape index (κ3) is 2.83. The molecule has 3 aliphatic carbocycles. The molecular weight excluding hydrogens is 346 g/mol. The molecule has 1 aromatic heterocycles. The van der Waals surface area contributed by atoms with E-state index >= 15 is 0 Å². The standard InChI is InChI=1S/C24H35N3O/c1-24(2)19-9-8-16(20(24)11-19)12-26-13-17-10-18(14-26)22(15-25(3)4)27-21(17)6-5-7-23(27)28/h5-8,17-20,22H,9-15H2,1-4H3/t17-,18+,19+,20+,22+/m1/s1. The fourth-order valence-corrected chi connectivity index (χ4v) is 6.79. The van der Waals surface area contributed by atoms with E-state index in [-0.39, 0.29) is 5.56 Å². The van der Waals surface area contributed by atoms with Crippen molar-refractivity contribution in [2.45, 2.75) is 45.1 Å². The number of fused-ring (bicyclic) bond motifs is 5. The van der Waals surface area contributed by atoms with Gasteiger partial charge in [-0.1, -0.05) is 31.6 Å². The van der Waals surface area contributed by atoms with E-state index in [0.717, 1.165) is 38.0 Å². The zero-order valence-electron chi connectivity index (χ0n) is 17.9. The summed E-state index contributed by atoms with van der Waals surface area (Å²) in [5.74, 6) is 2.77. The maximum absolute atomic E-state index is 12.7. The van der Waals surface area contributed by atoms with Crippen LogP contribution in [-0.2, 0) is 0 Å². The molecule has 28 heavy (non-hydrogen) atoms. The van der Waals surface area contributed by atoms with Crippen molar-refractivity contribution in [1.82, 2.24) is 14.4 Å². The average Bonchev–Trinajstić information content (AvgIpc) is 2.65. The number of likely N-dealkylation sites (tertiary alicyclic amines) is 1. The van der Waals surface area contributed by atoms with Gasteiger partial charge in [-0.05, 0) is 62.6 Å². The Labute approximate surface area is 169 Å². The number of hydrogen-bond donors (Lipinski definition) is 0. The summed E-state index contributed by atoms with van der Waals surface area (Å²) in [6.07, 6.45) is 6.47. The molecule has 5 aliphatic rings. The minimum Gasteiger partial charge on any atom is -0.308 e. The number of allylic oxidation sites excluding steroid dienone is 1. The Hall–Kier alpha value is -1.39. The molecule has 6 rings (SSSR count). The van der Waals surface area contributed by atoms with E-state index in [1.165, 1.54) is 25.0 Å². The highest BCUT2D eigenvalue weighted by Gasteiger charge is 2.51. The van der Waals surface area contributed by atoms with Crippen molar-refractivity contribution in [3.05, 3.63) is 45.9 Å². The van der Waals surface area contributed by atoms with Crippen molar-refractivity contribution in [3.63, 3.8) is 0 Å². The second-order valence-corrected chi connectivity index (χ2v) is 10.7. The second kappa shape index (κ2) is 6.56. The van der Waals surface area contributed by atoms with Crippen LogP contribution in [0.2, 0.25) is 0 Å². The summed E-state index contributed by atoms with van der Waals surface area (Å²) in [7, 11) is 4.25. The van der Waals surface area contributed by atoms with Crippen LogP contribution in [0.4, 0.5) is 0 Å². The van der Waals surface area contributed by atoms with E-state index < -0.39 is 0 Å². The van der Waals surface area contributed by atoms with E-state index in [1.807, 2.05) is 6.07 Å². The Morgan fingerprint density at radius 1 is 1.18 bits per heavy atom. The molecule has 4 bridgehead atoms. The molecule has 2 aliphatic heterocycles. The molecule has 0 aromatic carbocycles. The van der Waals surface area contributed by atoms with Crippen LogP contribution in [0.15, 0.2) is 34.6 Å². The molecule has 1 saturated carbocycles. The van der Waals surface area contributed by atoms with Gasteiger partial charge in [0.25, 0.3) is 5.56 Å². The Morgan fingerprint density at radius 2 is 2.00 bits per heavy atom. The Balaban J connectivity index is 1.41. The fourth-order valence-electron chi connectivity index (χ4n) is 6.79. The van der Waals surface area contributed by atoms with Crippen LogP contribution < -0.4 is 5.56 Å². The van der Waals surface area contributed by atoms with Crippen LogP contribution in [0, 0.1) is 23.2 Å². The van der Waals surface area contributed by atoms with Crippen molar-refractivity contribution in [3.8, 4) is 0 Å². The summed E-state index contributed by atoms with van der Waals surface area (Å²) >= 11 is 0. The van der Waals surface area contributed by atoms with Gasteiger partial charge in [-0.2, -0.15) is 0 Å². The third-order valence-corrected chi connectivity index (χ3v) is 8.42. The SMILES string of the molecule is CN(C)C[C@H]1[C@H]2C[C@H](CN(CC3=CC[C@H]4C[C@@H]3C4(C)C)C2)c2cccc(=O)n21. The number of pyridine rings is 1. The van der Waals surface area contributed by atoms with E-state index in [9.17, 15) is 4.79 Å². The maximum Gasteiger partial charge on any atom is 0.251 e. The van der Waals surface area contributed by atoms with Crippen LogP contribution >= 0.6 is 0 Å². The minimum absolute atomic E-state index is 0.185. The summed E-state index contributed by atoms with van der Waals surface area (Å²) < 4.78 is 2.13. The third-order valence-electron chi connectivity index (χ3n) is 8.42. The number of rotatable bonds is 4. The lowest BCUT2D eigenvalue weighted by atomic mass is 9.49. The molecule has 0 amide bonds. The summed E-state index contributed by atoms with van der Waals surface area (Å²) in [5.41, 5.74) is 3.65. The summed E-state index contributed by atoms with van der Waals surface area (Å²) in [5, 5.41) is 0. The first-order valence-corrected chi connectivity index (χ1v) is 11.1. The van der Waals surface area contributed by atoms with Crippen molar-refractivity contribution in [2.24, 2.45) is 23.2 Å². The van der Waals surface area contributed by atoms with Gasteiger partial charge >= 0.3 is 0 Å². The van der Waals surface area contributed by atoms with Gasteiger partial charge in [-0.15, -0.1) is 0 Å². The van der Waals surface area contributed by atoms with E-state index in [2.05, 4.69) is 54.5 Å². The van der Waals surface area contributed by atoms with Gasteiger partial charge in [0.15, 0.2) is 0 Å². The largest absolute Gasteiger partial charge is 0.308 e. The molecule has 0 unspecified atom stereocenters. The first-order valence-electron chi connectivity index (χ1n) is 11.1. The number of hydrogen-bond acceptors (Lipinski definition) is 3. The molecule has 4 nitrogen and oxygen atoms in total. The lowest BCUT2D eigenvalue weighted by Gasteiger charge is -2.57. The van der Waals surface area contributed by atoms with E-state index in [0.29, 0.717) is 23.3 Å².